The van der Waals surface area contributed by atoms with Gasteiger partial charge in [0.2, 0.25) is 5.88 Å². The van der Waals surface area contributed by atoms with Gasteiger partial charge in [-0.15, -0.1) is 0 Å². The first-order chi connectivity index (χ1) is 12.6. The van der Waals surface area contributed by atoms with Gasteiger partial charge < -0.3 is 9.47 Å². The first-order valence-electron chi connectivity index (χ1n) is 8.09. The molecule has 9 heteroatoms. The number of aromatic nitrogens is 1. The highest BCUT2D eigenvalue weighted by Crippen LogP contribution is 2.34. The Kier molecular flexibility index (Phi) is 6.27. The summed E-state index contributed by atoms with van der Waals surface area (Å²) in [6.07, 6.45) is 0.917. The van der Waals surface area contributed by atoms with Crippen LogP contribution >= 0.6 is 12.6 Å². The number of ether oxygens (including phenoxy) is 2. The molecular formula is C18H21N3O5S. The van der Waals surface area contributed by atoms with Crippen LogP contribution in [0, 0.1) is 10.1 Å². The number of pyridine rings is 1. The van der Waals surface area contributed by atoms with Crippen molar-refractivity contribution in [1.29, 1.82) is 0 Å². The fourth-order valence-electron chi connectivity index (χ4n) is 2.10. The van der Waals surface area contributed by atoms with Gasteiger partial charge in [-0.3, -0.25) is 15.0 Å². The second-order valence-corrected chi connectivity index (χ2v) is 7.03. The smallest absolute Gasteiger partial charge is 0.414 e. The van der Waals surface area contributed by atoms with Gasteiger partial charge in [-0.1, -0.05) is 6.07 Å². The van der Waals surface area contributed by atoms with Crippen molar-refractivity contribution in [3.63, 3.8) is 0 Å². The standard InChI is InChI=1S/C18H21N3O5S/c1-18(2,3)26-17(22)20(4)15-9-13(6-7-14(15)21(23)24)25-16-8-5-12(11-27)10-19-16/h5-10,27H,11H2,1-4H3. The van der Waals surface area contributed by atoms with Crippen LogP contribution in [0.2, 0.25) is 0 Å². The number of nitrogens with zero attached hydrogens (tertiary/aromatic N) is 3. The van der Waals surface area contributed by atoms with Crippen molar-refractivity contribution in [3.8, 4) is 11.6 Å². The molecular weight excluding hydrogens is 370 g/mol. The van der Waals surface area contributed by atoms with Crippen LogP contribution in [0.25, 0.3) is 0 Å². The zero-order valence-electron chi connectivity index (χ0n) is 15.5. The monoisotopic (exact) mass is 391 g/mol. The van der Waals surface area contributed by atoms with Gasteiger partial charge in [-0.2, -0.15) is 12.6 Å². The zero-order chi connectivity index (χ0) is 20.2. The highest BCUT2D eigenvalue weighted by molar-refractivity contribution is 7.79. The van der Waals surface area contributed by atoms with E-state index < -0.39 is 16.6 Å². The number of rotatable bonds is 5. The third-order valence-corrected chi connectivity index (χ3v) is 3.74. The lowest BCUT2D eigenvalue weighted by atomic mass is 10.2. The number of nitro groups is 1. The van der Waals surface area contributed by atoms with Crippen molar-refractivity contribution in [1.82, 2.24) is 4.98 Å². The molecule has 0 aliphatic rings. The van der Waals surface area contributed by atoms with E-state index in [4.69, 9.17) is 9.47 Å². The second-order valence-electron chi connectivity index (χ2n) is 6.71. The topological polar surface area (TPSA) is 94.8 Å². The predicted molar refractivity (Wildman–Crippen MR) is 105 cm³/mol. The number of amides is 1. The van der Waals surface area contributed by atoms with Crippen LogP contribution in [0.5, 0.6) is 11.6 Å². The van der Waals surface area contributed by atoms with Crippen molar-refractivity contribution >= 4 is 30.1 Å². The van der Waals surface area contributed by atoms with E-state index in [1.807, 2.05) is 6.07 Å². The van der Waals surface area contributed by atoms with Crippen molar-refractivity contribution in [2.45, 2.75) is 32.1 Å². The van der Waals surface area contributed by atoms with Gasteiger partial charge in [0, 0.05) is 37.2 Å². The summed E-state index contributed by atoms with van der Waals surface area (Å²) >= 11 is 4.16. The van der Waals surface area contributed by atoms with E-state index in [1.54, 1.807) is 33.0 Å². The molecule has 0 aliphatic carbocycles. The van der Waals surface area contributed by atoms with Gasteiger partial charge >= 0.3 is 6.09 Å². The maximum absolute atomic E-state index is 12.3. The Labute approximate surface area is 162 Å². The van der Waals surface area contributed by atoms with Gasteiger partial charge in [0.05, 0.1) is 4.92 Å². The van der Waals surface area contributed by atoms with Gasteiger partial charge in [0.1, 0.15) is 17.0 Å². The van der Waals surface area contributed by atoms with E-state index in [-0.39, 0.29) is 11.4 Å². The third-order valence-electron chi connectivity index (χ3n) is 3.37. The first kappa shape index (κ1) is 20.5. The fourth-order valence-corrected chi connectivity index (χ4v) is 2.29. The lowest BCUT2D eigenvalue weighted by Crippen LogP contribution is -2.34. The normalized spacial score (nSPS) is 11.0. The number of anilines is 1. The molecule has 0 unspecified atom stereocenters. The molecule has 8 nitrogen and oxygen atoms in total. The summed E-state index contributed by atoms with van der Waals surface area (Å²) < 4.78 is 10.9. The highest BCUT2D eigenvalue weighted by atomic mass is 32.1. The van der Waals surface area contributed by atoms with Crippen molar-refractivity contribution < 1.29 is 19.2 Å². The van der Waals surface area contributed by atoms with E-state index in [2.05, 4.69) is 17.6 Å². The second kappa shape index (κ2) is 8.26. The summed E-state index contributed by atoms with van der Waals surface area (Å²) in [5.41, 5.74) is 0.0138. The molecule has 2 rings (SSSR count). The highest BCUT2D eigenvalue weighted by Gasteiger charge is 2.26. The molecule has 2 aromatic rings. The van der Waals surface area contributed by atoms with E-state index in [1.165, 1.54) is 25.2 Å². The number of carbonyl (C=O) groups is 1. The summed E-state index contributed by atoms with van der Waals surface area (Å²) in [6.45, 7) is 5.15. The number of hydrogen-bond acceptors (Lipinski definition) is 7. The number of nitro benzene ring substituents is 1. The molecule has 0 bridgehead atoms. The van der Waals surface area contributed by atoms with E-state index >= 15 is 0 Å². The van der Waals surface area contributed by atoms with E-state index in [0.717, 1.165) is 10.5 Å². The summed E-state index contributed by atoms with van der Waals surface area (Å²) in [5, 5.41) is 11.3. The molecule has 0 atom stereocenters. The quantitative estimate of drug-likeness (QED) is 0.455. The summed E-state index contributed by atoms with van der Waals surface area (Å²) in [7, 11) is 1.40. The molecule has 1 heterocycles. The molecule has 144 valence electrons. The predicted octanol–water partition coefficient (Wildman–Crippen LogP) is 4.58. The molecule has 1 aromatic carbocycles. The Morgan fingerprint density at radius 1 is 1.30 bits per heavy atom. The molecule has 27 heavy (non-hydrogen) atoms. The molecule has 0 saturated heterocycles. The number of thiol groups is 1. The lowest BCUT2D eigenvalue weighted by Gasteiger charge is -2.24. The van der Waals surface area contributed by atoms with E-state index in [9.17, 15) is 14.9 Å². The Hall–Kier alpha value is -2.81. The summed E-state index contributed by atoms with van der Waals surface area (Å²) in [5.74, 6) is 1.17. The fraction of sp³-hybridized carbons (Fsp3) is 0.333. The first-order valence-corrected chi connectivity index (χ1v) is 8.73. The average Bonchev–Trinajstić information content (AvgIpc) is 2.60. The molecule has 1 amide bonds. The maximum Gasteiger partial charge on any atom is 0.414 e. The van der Waals surface area contributed by atoms with Crippen molar-refractivity contribution in [2.24, 2.45) is 0 Å². The van der Waals surface area contributed by atoms with Gasteiger partial charge in [-0.05, 0) is 32.4 Å². The Morgan fingerprint density at radius 3 is 2.52 bits per heavy atom. The number of hydrogen-bond donors (Lipinski definition) is 1. The minimum atomic E-state index is -0.729. The van der Waals surface area contributed by atoms with Crippen molar-refractivity contribution in [2.75, 3.05) is 11.9 Å². The minimum Gasteiger partial charge on any atom is -0.443 e. The molecule has 0 aliphatic heterocycles. The van der Waals surface area contributed by atoms with Gasteiger partial charge in [0.15, 0.2) is 0 Å². The molecule has 1 aromatic heterocycles. The summed E-state index contributed by atoms with van der Waals surface area (Å²) in [4.78, 5) is 28.3. The van der Waals surface area contributed by atoms with Crippen molar-refractivity contribution in [3.05, 3.63) is 52.2 Å². The molecule has 0 fully saturated rings. The van der Waals surface area contributed by atoms with Gasteiger partial charge in [0.25, 0.3) is 5.69 Å². The van der Waals surface area contributed by atoms with Crippen LogP contribution in [0.15, 0.2) is 36.5 Å². The molecule has 0 radical (unpaired) electrons. The maximum atomic E-state index is 12.3. The molecule has 0 spiro atoms. The van der Waals surface area contributed by atoms with Crippen LogP contribution in [0.1, 0.15) is 26.3 Å². The number of benzene rings is 1. The Bertz CT molecular complexity index is 834. The van der Waals surface area contributed by atoms with E-state index in [0.29, 0.717) is 17.4 Å². The SMILES string of the molecule is CN(C(=O)OC(C)(C)C)c1cc(Oc2ccc(CS)cn2)ccc1[N+](=O)[O-]. The number of carbonyl (C=O) groups excluding carboxylic acids is 1. The zero-order valence-corrected chi connectivity index (χ0v) is 16.4. The van der Waals surface area contributed by atoms with Gasteiger partial charge in [-0.25, -0.2) is 9.78 Å². The van der Waals surface area contributed by atoms with Crippen LogP contribution < -0.4 is 9.64 Å². The third kappa shape index (κ3) is 5.58. The molecule has 0 saturated carbocycles. The molecule has 0 N–H and O–H groups in total. The Morgan fingerprint density at radius 2 is 2.00 bits per heavy atom. The van der Waals surface area contributed by atoms with Crippen LogP contribution in [0.4, 0.5) is 16.2 Å². The lowest BCUT2D eigenvalue weighted by molar-refractivity contribution is -0.384. The Balaban J connectivity index is 2.32. The largest absolute Gasteiger partial charge is 0.443 e. The average molecular weight is 391 g/mol. The van der Waals surface area contributed by atoms with Crippen LogP contribution in [0.3, 0.4) is 0 Å². The minimum absolute atomic E-state index is 0.0544. The van der Waals surface area contributed by atoms with Crippen LogP contribution in [-0.2, 0) is 10.5 Å². The summed E-state index contributed by atoms with van der Waals surface area (Å²) in [6, 6.07) is 7.60. The van der Waals surface area contributed by atoms with Crippen LogP contribution in [-0.4, -0.2) is 28.6 Å².